The van der Waals surface area contributed by atoms with Crippen LogP contribution in [0, 0.1) is 19.8 Å². The lowest BCUT2D eigenvalue weighted by Crippen LogP contribution is -2.35. The third-order valence-corrected chi connectivity index (χ3v) is 5.02. The molecule has 0 aliphatic heterocycles. The van der Waals surface area contributed by atoms with Crippen molar-refractivity contribution < 1.29 is 9.53 Å². The van der Waals surface area contributed by atoms with Gasteiger partial charge in [0.2, 0.25) is 5.91 Å². The third-order valence-electron chi connectivity index (χ3n) is 5.02. The predicted molar refractivity (Wildman–Crippen MR) is 113 cm³/mol. The maximum absolute atomic E-state index is 12.6. The summed E-state index contributed by atoms with van der Waals surface area (Å²) >= 11 is 0. The Balaban J connectivity index is 2.02. The van der Waals surface area contributed by atoms with Crippen molar-refractivity contribution in [3.05, 3.63) is 46.8 Å². The van der Waals surface area contributed by atoms with Gasteiger partial charge in [0.05, 0.1) is 25.3 Å². The van der Waals surface area contributed by atoms with Crippen LogP contribution in [0.1, 0.15) is 42.4 Å². The smallest absolute Gasteiger partial charge is 0.224 e. The van der Waals surface area contributed by atoms with E-state index in [9.17, 15) is 4.79 Å². The monoisotopic (exact) mass is 386 g/mol. The summed E-state index contributed by atoms with van der Waals surface area (Å²) in [4.78, 5) is 14.7. The van der Waals surface area contributed by atoms with Gasteiger partial charge in [-0.05, 0) is 51.6 Å². The molecule has 1 amide bonds. The normalized spacial score (nSPS) is 12.5. The van der Waals surface area contributed by atoms with Gasteiger partial charge in [-0.15, -0.1) is 0 Å². The molecular formula is C22H34N4O2. The Bertz CT molecular complexity index is 779. The molecule has 0 bridgehead atoms. The Hall–Kier alpha value is -2.34. The average molecular weight is 387 g/mol. The van der Waals surface area contributed by atoms with Gasteiger partial charge < -0.3 is 15.0 Å². The standard InChI is InChI=1S/C22H34N4O2/c1-15(2)14-26-17(4)20(16(3)24-26)12-22(27)23-13-21(25(5)6)18-8-10-19(28-7)11-9-18/h8-11,15,21H,12-14H2,1-7H3,(H,23,27). The van der Waals surface area contributed by atoms with Crippen molar-refractivity contribution in [3.8, 4) is 5.75 Å². The van der Waals surface area contributed by atoms with E-state index in [0.29, 0.717) is 18.9 Å². The molecule has 0 aliphatic carbocycles. The van der Waals surface area contributed by atoms with Crippen molar-refractivity contribution in [1.29, 1.82) is 0 Å². The number of aryl methyl sites for hydroxylation is 1. The Kier molecular flexibility index (Phi) is 7.63. The number of hydrogen-bond donors (Lipinski definition) is 1. The number of benzene rings is 1. The molecule has 0 fully saturated rings. The minimum atomic E-state index is 0.0238. The van der Waals surface area contributed by atoms with Crippen molar-refractivity contribution in [2.24, 2.45) is 5.92 Å². The van der Waals surface area contributed by atoms with Gasteiger partial charge in [-0.1, -0.05) is 26.0 Å². The van der Waals surface area contributed by atoms with Crippen LogP contribution in [-0.4, -0.2) is 48.3 Å². The van der Waals surface area contributed by atoms with Crippen LogP contribution in [0.2, 0.25) is 0 Å². The van der Waals surface area contributed by atoms with E-state index in [1.54, 1.807) is 7.11 Å². The highest BCUT2D eigenvalue weighted by Crippen LogP contribution is 2.21. The summed E-state index contributed by atoms with van der Waals surface area (Å²) in [6.45, 7) is 9.79. The first-order valence-corrected chi connectivity index (χ1v) is 9.82. The van der Waals surface area contributed by atoms with Gasteiger partial charge in [0.25, 0.3) is 0 Å². The van der Waals surface area contributed by atoms with E-state index in [1.807, 2.05) is 56.9 Å². The lowest BCUT2D eigenvalue weighted by molar-refractivity contribution is -0.120. The minimum Gasteiger partial charge on any atom is -0.497 e. The fourth-order valence-corrected chi connectivity index (χ4v) is 3.37. The van der Waals surface area contributed by atoms with E-state index >= 15 is 0 Å². The second kappa shape index (κ2) is 9.73. The van der Waals surface area contributed by atoms with Crippen molar-refractivity contribution in [2.75, 3.05) is 27.7 Å². The van der Waals surface area contributed by atoms with Crippen LogP contribution >= 0.6 is 0 Å². The van der Waals surface area contributed by atoms with Crippen LogP contribution in [0.5, 0.6) is 5.75 Å². The Morgan fingerprint density at radius 1 is 1.21 bits per heavy atom. The van der Waals surface area contributed by atoms with Gasteiger partial charge in [-0.2, -0.15) is 5.10 Å². The zero-order valence-electron chi connectivity index (χ0n) is 18.2. The quantitative estimate of drug-likeness (QED) is 0.719. The van der Waals surface area contributed by atoms with Crippen LogP contribution in [-0.2, 0) is 17.8 Å². The Labute approximate surface area is 168 Å². The average Bonchev–Trinajstić information content (AvgIpc) is 2.89. The SMILES string of the molecule is COc1ccc(C(CNC(=O)Cc2c(C)nn(CC(C)C)c2C)N(C)C)cc1. The van der Waals surface area contributed by atoms with Crippen LogP contribution in [0.3, 0.4) is 0 Å². The number of nitrogens with one attached hydrogen (secondary N) is 1. The molecule has 154 valence electrons. The molecule has 1 aromatic heterocycles. The molecule has 0 radical (unpaired) electrons. The number of carbonyl (C=O) groups is 1. The second-order valence-electron chi connectivity index (χ2n) is 7.96. The first kappa shape index (κ1) is 22.0. The van der Waals surface area contributed by atoms with Gasteiger partial charge in [-0.3, -0.25) is 9.48 Å². The van der Waals surface area contributed by atoms with Gasteiger partial charge in [0.1, 0.15) is 5.75 Å². The predicted octanol–water partition coefficient (Wildman–Crippen LogP) is 3.13. The summed E-state index contributed by atoms with van der Waals surface area (Å²) < 4.78 is 7.25. The maximum Gasteiger partial charge on any atom is 0.224 e. The molecular weight excluding hydrogens is 352 g/mol. The summed E-state index contributed by atoms with van der Waals surface area (Å²) in [5.74, 6) is 1.37. The van der Waals surface area contributed by atoms with Crippen LogP contribution < -0.4 is 10.1 Å². The van der Waals surface area contributed by atoms with E-state index in [0.717, 1.165) is 34.8 Å². The van der Waals surface area contributed by atoms with E-state index in [2.05, 4.69) is 29.2 Å². The summed E-state index contributed by atoms with van der Waals surface area (Å²) in [5.41, 5.74) is 4.19. The first-order chi connectivity index (χ1) is 13.2. The highest BCUT2D eigenvalue weighted by Gasteiger charge is 2.18. The fourth-order valence-electron chi connectivity index (χ4n) is 3.37. The summed E-state index contributed by atoms with van der Waals surface area (Å²) in [6.07, 6.45) is 0.360. The van der Waals surface area contributed by atoms with E-state index < -0.39 is 0 Å². The van der Waals surface area contributed by atoms with Gasteiger partial charge in [0, 0.05) is 24.3 Å². The zero-order valence-corrected chi connectivity index (χ0v) is 18.2. The molecule has 1 atom stereocenters. The number of amides is 1. The number of aromatic nitrogens is 2. The molecule has 0 spiro atoms. The molecule has 1 heterocycles. The highest BCUT2D eigenvalue weighted by atomic mass is 16.5. The van der Waals surface area contributed by atoms with Crippen molar-refractivity contribution in [3.63, 3.8) is 0 Å². The van der Waals surface area contributed by atoms with E-state index in [1.165, 1.54) is 0 Å². The number of carbonyl (C=O) groups excluding carboxylic acids is 1. The molecule has 0 saturated carbocycles. The molecule has 1 N–H and O–H groups in total. The molecule has 6 nitrogen and oxygen atoms in total. The van der Waals surface area contributed by atoms with Crippen LogP contribution in [0.4, 0.5) is 0 Å². The second-order valence-corrected chi connectivity index (χ2v) is 7.96. The topological polar surface area (TPSA) is 59.4 Å². The van der Waals surface area contributed by atoms with Crippen LogP contribution in [0.15, 0.2) is 24.3 Å². The molecule has 2 aromatic rings. The lowest BCUT2D eigenvalue weighted by Gasteiger charge is -2.25. The van der Waals surface area contributed by atoms with Gasteiger partial charge in [-0.25, -0.2) is 0 Å². The molecule has 28 heavy (non-hydrogen) atoms. The van der Waals surface area contributed by atoms with Crippen LogP contribution in [0.25, 0.3) is 0 Å². The molecule has 2 rings (SSSR count). The summed E-state index contributed by atoms with van der Waals surface area (Å²) in [7, 11) is 5.70. The summed E-state index contributed by atoms with van der Waals surface area (Å²) in [5, 5.41) is 7.70. The number of hydrogen-bond acceptors (Lipinski definition) is 4. The lowest BCUT2D eigenvalue weighted by atomic mass is 10.1. The Morgan fingerprint density at radius 3 is 2.39 bits per heavy atom. The first-order valence-electron chi connectivity index (χ1n) is 9.82. The van der Waals surface area contributed by atoms with Crippen molar-refractivity contribution >= 4 is 5.91 Å². The molecule has 1 aromatic carbocycles. The number of methoxy groups -OCH3 is 1. The van der Waals surface area contributed by atoms with Crippen molar-refractivity contribution in [2.45, 2.75) is 46.7 Å². The molecule has 0 aliphatic rings. The van der Waals surface area contributed by atoms with Crippen molar-refractivity contribution in [1.82, 2.24) is 20.0 Å². The van der Waals surface area contributed by atoms with Gasteiger partial charge in [0.15, 0.2) is 0 Å². The third kappa shape index (κ3) is 5.58. The number of ether oxygens (including phenoxy) is 1. The maximum atomic E-state index is 12.6. The molecule has 6 heteroatoms. The number of rotatable bonds is 9. The molecule has 0 saturated heterocycles. The van der Waals surface area contributed by atoms with E-state index in [-0.39, 0.29) is 11.9 Å². The highest BCUT2D eigenvalue weighted by molar-refractivity contribution is 5.79. The summed E-state index contributed by atoms with van der Waals surface area (Å²) in [6, 6.07) is 8.08. The molecule has 1 unspecified atom stereocenters. The number of nitrogens with zero attached hydrogens (tertiary/aromatic N) is 3. The minimum absolute atomic E-state index is 0.0238. The largest absolute Gasteiger partial charge is 0.497 e. The Morgan fingerprint density at radius 2 is 1.86 bits per heavy atom. The van der Waals surface area contributed by atoms with Gasteiger partial charge >= 0.3 is 0 Å². The fraction of sp³-hybridized carbons (Fsp3) is 0.545. The van der Waals surface area contributed by atoms with E-state index in [4.69, 9.17) is 4.74 Å². The number of likely N-dealkylation sites (N-methyl/N-ethyl adjacent to an activating group) is 1. The zero-order chi connectivity index (χ0) is 20.8.